The van der Waals surface area contributed by atoms with Crippen molar-refractivity contribution in [2.45, 2.75) is 6.42 Å². The number of aromatic nitrogens is 1. The summed E-state index contributed by atoms with van der Waals surface area (Å²) < 4.78 is 18.9. The number of hydrogen-bond donors (Lipinski definition) is 1. The minimum atomic E-state index is -0.462. The number of nitrogens with zero attached hydrogens (tertiary/aromatic N) is 3. The van der Waals surface area contributed by atoms with E-state index in [0.717, 1.165) is 18.8 Å². The number of carbonyl (C=O) groups is 2. The third-order valence-corrected chi connectivity index (χ3v) is 5.37. The predicted octanol–water partition coefficient (Wildman–Crippen LogP) is 3.59. The molecule has 1 aliphatic heterocycles. The molecule has 2 amide bonds. The summed E-state index contributed by atoms with van der Waals surface area (Å²) >= 11 is 0. The first-order valence-corrected chi connectivity index (χ1v) is 10.8. The lowest BCUT2D eigenvalue weighted by molar-refractivity contribution is -0.133. The van der Waals surface area contributed by atoms with Gasteiger partial charge in [0.05, 0.1) is 11.9 Å². The Kier molecular flexibility index (Phi) is 7.14. The van der Waals surface area contributed by atoms with Crippen LogP contribution in [-0.4, -0.2) is 54.5 Å². The van der Waals surface area contributed by atoms with Crippen molar-refractivity contribution in [2.75, 3.05) is 43.0 Å². The van der Waals surface area contributed by atoms with Gasteiger partial charge in [0.2, 0.25) is 0 Å². The van der Waals surface area contributed by atoms with Gasteiger partial charge in [0, 0.05) is 31.7 Å². The van der Waals surface area contributed by atoms with Crippen LogP contribution in [-0.2, 0) is 4.79 Å². The van der Waals surface area contributed by atoms with Crippen LogP contribution in [0.1, 0.15) is 16.8 Å². The molecule has 1 aromatic heterocycles. The molecule has 2 heterocycles. The number of pyridine rings is 1. The molecule has 1 saturated heterocycles. The van der Waals surface area contributed by atoms with E-state index in [2.05, 4.69) is 15.2 Å². The zero-order valence-corrected chi connectivity index (χ0v) is 18.1. The molecule has 1 aliphatic rings. The van der Waals surface area contributed by atoms with Gasteiger partial charge in [0.25, 0.3) is 11.8 Å². The van der Waals surface area contributed by atoms with Crippen molar-refractivity contribution < 1.29 is 18.7 Å². The van der Waals surface area contributed by atoms with Crippen LogP contribution < -0.4 is 15.0 Å². The number of ether oxygens (including phenoxy) is 1. The predicted molar refractivity (Wildman–Crippen MR) is 124 cm³/mol. The van der Waals surface area contributed by atoms with Gasteiger partial charge in [-0.1, -0.05) is 24.3 Å². The van der Waals surface area contributed by atoms with Gasteiger partial charge in [-0.15, -0.1) is 0 Å². The van der Waals surface area contributed by atoms with Crippen LogP contribution in [0, 0.1) is 5.82 Å². The molecule has 0 aliphatic carbocycles. The Labute approximate surface area is 191 Å². The summed E-state index contributed by atoms with van der Waals surface area (Å²) in [5, 5.41) is 2.72. The summed E-state index contributed by atoms with van der Waals surface area (Å²) in [5.41, 5.74) is 0.769. The van der Waals surface area contributed by atoms with Crippen LogP contribution in [0.15, 0.2) is 72.9 Å². The second-order valence-electron chi connectivity index (χ2n) is 7.69. The van der Waals surface area contributed by atoms with Gasteiger partial charge in [-0.3, -0.25) is 9.59 Å². The minimum absolute atomic E-state index is 0.0158. The molecule has 8 heteroatoms. The van der Waals surface area contributed by atoms with E-state index in [-0.39, 0.29) is 18.1 Å². The SMILES string of the molecule is O=C(Nc1ccc(N2CCCN(C(=O)COc3ccccc3)CC2)nc1)c1cccc(F)c1. The van der Waals surface area contributed by atoms with Crippen molar-refractivity contribution in [3.63, 3.8) is 0 Å². The highest BCUT2D eigenvalue weighted by molar-refractivity contribution is 6.04. The molecule has 4 rings (SSSR count). The third kappa shape index (κ3) is 6.06. The van der Waals surface area contributed by atoms with Gasteiger partial charge in [-0.2, -0.15) is 0 Å². The van der Waals surface area contributed by atoms with Gasteiger partial charge in [0.1, 0.15) is 17.4 Å². The number of para-hydroxylation sites is 1. The molecule has 0 unspecified atom stereocenters. The van der Waals surface area contributed by atoms with Crippen molar-refractivity contribution in [2.24, 2.45) is 0 Å². The first kappa shape index (κ1) is 22.3. The number of nitrogens with one attached hydrogen (secondary N) is 1. The summed E-state index contributed by atoms with van der Waals surface area (Å²) in [6, 6.07) is 18.4. The second kappa shape index (κ2) is 10.6. The molecule has 0 bridgehead atoms. The molecule has 0 spiro atoms. The molecule has 1 fully saturated rings. The average Bonchev–Trinajstić information content (AvgIpc) is 3.10. The van der Waals surface area contributed by atoms with E-state index in [0.29, 0.717) is 31.1 Å². The van der Waals surface area contributed by atoms with Crippen molar-refractivity contribution in [1.82, 2.24) is 9.88 Å². The number of halogens is 1. The van der Waals surface area contributed by atoms with E-state index in [1.165, 1.54) is 18.2 Å². The van der Waals surface area contributed by atoms with Crippen molar-refractivity contribution in [1.29, 1.82) is 0 Å². The fourth-order valence-electron chi connectivity index (χ4n) is 3.63. The maximum absolute atomic E-state index is 13.3. The van der Waals surface area contributed by atoms with Crippen LogP contribution >= 0.6 is 0 Å². The van der Waals surface area contributed by atoms with Gasteiger partial charge >= 0.3 is 0 Å². The number of carbonyl (C=O) groups excluding carboxylic acids is 2. The lowest BCUT2D eigenvalue weighted by Crippen LogP contribution is -2.38. The van der Waals surface area contributed by atoms with Gasteiger partial charge in [-0.05, 0) is 48.9 Å². The standard InChI is InChI=1S/C25H25FN4O3/c26-20-7-4-6-19(16-20)25(32)28-21-10-11-23(27-17-21)29-12-5-13-30(15-14-29)24(31)18-33-22-8-2-1-3-9-22/h1-4,6-11,16-17H,5,12-15,18H2,(H,28,32). The Hall–Kier alpha value is -3.94. The maximum Gasteiger partial charge on any atom is 0.260 e. The Balaban J connectivity index is 1.29. The molecular weight excluding hydrogens is 423 g/mol. The monoisotopic (exact) mass is 448 g/mol. The van der Waals surface area contributed by atoms with Crippen molar-refractivity contribution in [3.8, 4) is 5.75 Å². The maximum atomic E-state index is 13.3. The zero-order chi connectivity index (χ0) is 23.0. The van der Waals surface area contributed by atoms with Crippen LogP contribution in [0.2, 0.25) is 0 Å². The van der Waals surface area contributed by atoms with E-state index in [4.69, 9.17) is 4.74 Å². The number of hydrogen-bond acceptors (Lipinski definition) is 5. The van der Waals surface area contributed by atoms with E-state index < -0.39 is 11.7 Å². The van der Waals surface area contributed by atoms with Crippen LogP contribution in [0.4, 0.5) is 15.9 Å². The third-order valence-electron chi connectivity index (χ3n) is 5.37. The summed E-state index contributed by atoms with van der Waals surface area (Å²) in [7, 11) is 0. The topological polar surface area (TPSA) is 74.8 Å². The molecule has 2 aromatic carbocycles. The highest BCUT2D eigenvalue weighted by atomic mass is 19.1. The van der Waals surface area contributed by atoms with E-state index in [9.17, 15) is 14.0 Å². The molecule has 33 heavy (non-hydrogen) atoms. The Morgan fingerprint density at radius 1 is 0.970 bits per heavy atom. The average molecular weight is 448 g/mol. The largest absolute Gasteiger partial charge is 0.484 e. The van der Waals surface area contributed by atoms with Gasteiger partial charge < -0.3 is 19.9 Å². The molecule has 3 aromatic rings. The Morgan fingerprint density at radius 2 is 1.82 bits per heavy atom. The normalized spacial score (nSPS) is 13.8. The minimum Gasteiger partial charge on any atom is -0.484 e. The van der Waals surface area contributed by atoms with E-state index >= 15 is 0 Å². The highest BCUT2D eigenvalue weighted by Gasteiger charge is 2.20. The molecule has 170 valence electrons. The van der Waals surface area contributed by atoms with Crippen LogP contribution in [0.3, 0.4) is 0 Å². The number of rotatable bonds is 6. The first-order valence-electron chi connectivity index (χ1n) is 10.8. The smallest absolute Gasteiger partial charge is 0.260 e. The summed E-state index contributed by atoms with van der Waals surface area (Å²) in [6.07, 6.45) is 2.39. The molecular formula is C25H25FN4O3. The van der Waals surface area contributed by atoms with E-state index in [1.54, 1.807) is 18.3 Å². The van der Waals surface area contributed by atoms with Crippen molar-refractivity contribution in [3.05, 3.63) is 84.3 Å². The number of anilines is 2. The fourth-order valence-corrected chi connectivity index (χ4v) is 3.63. The first-order chi connectivity index (χ1) is 16.1. The van der Waals surface area contributed by atoms with Crippen molar-refractivity contribution >= 4 is 23.3 Å². The molecule has 7 nitrogen and oxygen atoms in total. The van der Waals surface area contributed by atoms with Crippen LogP contribution in [0.5, 0.6) is 5.75 Å². The number of benzene rings is 2. The summed E-state index contributed by atoms with van der Waals surface area (Å²) in [4.78, 5) is 33.2. The Morgan fingerprint density at radius 3 is 2.58 bits per heavy atom. The van der Waals surface area contributed by atoms with Crippen LogP contribution in [0.25, 0.3) is 0 Å². The second-order valence-corrected chi connectivity index (χ2v) is 7.69. The molecule has 0 saturated carbocycles. The summed E-state index contributed by atoms with van der Waals surface area (Å²) in [5.74, 6) is 0.552. The van der Waals surface area contributed by atoms with Gasteiger partial charge in [-0.25, -0.2) is 9.37 Å². The quantitative estimate of drug-likeness (QED) is 0.624. The van der Waals surface area contributed by atoms with Gasteiger partial charge in [0.15, 0.2) is 6.61 Å². The van der Waals surface area contributed by atoms with E-state index in [1.807, 2.05) is 41.3 Å². The lowest BCUT2D eigenvalue weighted by Gasteiger charge is -2.23. The lowest BCUT2D eigenvalue weighted by atomic mass is 10.2. The molecule has 0 atom stereocenters. The fraction of sp³-hybridized carbons (Fsp3) is 0.240. The number of amides is 2. The highest BCUT2D eigenvalue weighted by Crippen LogP contribution is 2.18. The molecule has 0 radical (unpaired) electrons. The zero-order valence-electron chi connectivity index (χ0n) is 18.1. The molecule has 1 N–H and O–H groups in total. The summed E-state index contributed by atoms with van der Waals surface area (Å²) in [6.45, 7) is 2.68. The Bertz CT molecular complexity index is 1090.